The molecular formula is C19H23ClN2O3. The van der Waals surface area contributed by atoms with Crippen molar-refractivity contribution in [2.45, 2.75) is 44.6 Å². The highest BCUT2D eigenvalue weighted by Gasteiger charge is 2.41. The van der Waals surface area contributed by atoms with Gasteiger partial charge in [0, 0.05) is 29.3 Å². The summed E-state index contributed by atoms with van der Waals surface area (Å²) in [5.41, 5.74) is 8.36. The predicted octanol–water partition coefficient (Wildman–Crippen LogP) is 3.92. The van der Waals surface area contributed by atoms with Crippen molar-refractivity contribution in [1.82, 2.24) is 0 Å². The Bertz CT molecular complexity index is 721. The molecular weight excluding hydrogens is 340 g/mol. The summed E-state index contributed by atoms with van der Waals surface area (Å²) < 4.78 is 11.1. The topological polar surface area (TPSA) is 73.9 Å². The van der Waals surface area contributed by atoms with Crippen LogP contribution >= 0.6 is 11.6 Å². The zero-order valence-corrected chi connectivity index (χ0v) is 15.1. The van der Waals surface area contributed by atoms with Crippen LogP contribution < -0.4 is 5.73 Å². The fraction of sp³-hybridized carbons (Fsp3) is 0.474. The second-order valence-electron chi connectivity index (χ2n) is 6.46. The maximum Gasteiger partial charge on any atom is 0.354 e. The highest BCUT2D eigenvalue weighted by atomic mass is 35.5. The lowest BCUT2D eigenvalue weighted by atomic mass is 9.78. The molecule has 2 aliphatic rings. The summed E-state index contributed by atoms with van der Waals surface area (Å²) in [6, 6.07) is 7.33. The molecule has 0 radical (unpaired) electrons. The smallest absolute Gasteiger partial charge is 0.354 e. The number of carbonyl (C=O) groups is 1. The van der Waals surface area contributed by atoms with Crippen LogP contribution in [0.25, 0.3) is 0 Å². The molecule has 5 nitrogen and oxygen atoms in total. The van der Waals surface area contributed by atoms with Gasteiger partial charge in [-0.3, -0.25) is 4.99 Å². The lowest BCUT2D eigenvalue weighted by Gasteiger charge is -2.35. The van der Waals surface area contributed by atoms with E-state index in [0.29, 0.717) is 24.5 Å². The third-order valence-corrected chi connectivity index (χ3v) is 4.98. The molecule has 1 aliphatic carbocycles. The zero-order valence-electron chi connectivity index (χ0n) is 14.4. The maximum absolute atomic E-state index is 12.1. The number of allylic oxidation sites excluding steroid dienone is 1. The molecule has 134 valence electrons. The van der Waals surface area contributed by atoms with Crippen LogP contribution in [0.15, 0.2) is 40.5 Å². The molecule has 1 atom stereocenters. The summed E-state index contributed by atoms with van der Waals surface area (Å²) in [5.74, 6) is -0.486. The standard InChI is InChI=1S/C19H23ClN2O3/c1-2-24-18(23)17(21)15-7-9-19(8-4-10-25-19)12-16(15)22-14-6-3-5-13(20)11-14/h3,5-6,11H,2,4,7-10,12,21H2,1H3/b17-15-,22-16?. The number of rotatable bonds is 3. The van der Waals surface area contributed by atoms with Gasteiger partial charge in [-0.2, -0.15) is 0 Å². The largest absolute Gasteiger partial charge is 0.461 e. The summed E-state index contributed by atoms with van der Waals surface area (Å²) in [5, 5.41) is 0.619. The van der Waals surface area contributed by atoms with E-state index in [4.69, 9.17) is 31.8 Å². The summed E-state index contributed by atoms with van der Waals surface area (Å²) in [4.78, 5) is 16.8. The van der Waals surface area contributed by atoms with Gasteiger partial charge < -0.3 is 15.2 Å². The summed E-state index contributed by atoms with van der Waals surface area (Å²) >= 11 is 6.07. The molecule has 1 aromatic rings. The van der Waals surface area contributed by atoms with Gasteiger partial charge in [-0.1, -0.05) is 17.7 Å². The summed E-state index contributed by atoms with van der Waals surface area (Å²) in [6.45, 7) is 2.83. The zero-order chi connectivity index (χ0) is 17.9. The number of nitrogens with zero attached hydrogens (tertiary/aromatic N) is 1. The summed E-state index contributed by atoms with van der Waals surface area (Å²) in [6.07, 6.45) is 4.21. The van der Waals surface area contributed by atoms with Gasteiger partial charge in [-0.25, -0.2) is 4.79 Å². The highest BCUT2D eigenvalue weighted by Crippen LogP contribution is 2.41. The quantitative estimate of drug-likeness (QED) is 0.653. The van der Waals surface area contributed by atoms with E-state index < -0.39 is 5.97 Å². The van der Waals surface area contributed by atoms with E-state index in [-0.39, 0.29) is 11.3 Å². The molecule has 1 spiro atoms. The Hall–Kier alpha value is -1.85. The Kier molecular flexibility index (Phi) is 5.45. The molecule has 1 unspecified atom stereocenters. The Balaban J connectivity index is 1.99. The number of hydrogen-bond donors (Lipinski definition) is 1. The predicted molar refractivity (Wildman–Crippen MR) is 98.2 cm³/mol. The molecule has 0 bridgehead atoms. The summed E-state index contributed by atoms with van der Waals surface area (Å²) in [7, 11) is 0. The van der Waals surface area contributed by atoms with Gasteiger partial charge in [0.1, 0.15) is 5.70 Å². The van der Waals surface area contributed by atoms with Gasteiger partial charge in [-0.05, 0) is 50.8 Å². The lowest BCUT2D eigenvalue weighted by molar-refractivity contribution is -0.138. The van der Waals surface area contributed by atoms with E-state index >= 15 is 0 Å². The SMILES string of the molecule is CCOC(=O)/C(N)=C1\CCC2(CCCO2)CC1=Nc1cccc(Cl)c1. The number of benzene rings is 1. The molecule has 0 aromatic heterocycles. The van der Waals surface area contributed by atoms with Gasteiger partial charge in [-0.15, -0.1) is 0 Å². The fourth-order valence-corrected chi connectivity index (χ4v) is 3.70. The molecule has 1 saturated carbocycles. The Morgan fingerprint density at radius 1 is 1.44 bits per heavy atom. The number of hydrogen-bond acceptors (Lipinski definition) is 5. The van der Waals surface area contributed by atoms with E-state index in [1.165, 1.54) is 0 Å². The van der Waals surface area contributed by atoms with E-state index in [1.807, 2.05) is 12.1 Å². The monoisotopic (exact) mass is 362 g/mol. The molecule has 0 amide bonds. The first kappa shape index (κ1) is 18.0. The van der Waals surface area contributed by atoms with Crippen LogP contribution in [-0.2, 0) is 14.3 Å². The molecule has 6 heteroatoms. The van der Waals surface area contributed by atoms with E-state index in [0.717, 1.165) is 42.8 Å². The van der Waals surface area contributed by atoms with Gasteiger partial charge in [0.25, 0.3) is 0 Å². The average Bonchev–Trinajstić information content (AvgIpc) is 3.03. The van der Waals surface area contributed by atoms with Crippen molar-refractivity contribution in [2.75, 3.05) is 13.2 Å². The number of carbonyl (C=O) groups excluding carboxylic acids is 1. The molecule has 2 N–H and O–H groups in total. The van der Waals surface area contributed by atoms with Crippen molar-refractivity contribution < 1.29 is 14.3 Å². The van der Waals surface area contributed by atoms with Crippen LogP contribution in [0, 0.1) is 0 Å². The average molecular weight is 363 g/mol. The van der Waals surface area contributed by atoms with Crippen molar-refractivity contribution in [3.05, 3.63) is 40.6 Å². The second-order valence-corrected chi connectivity index (χ2v) is 6.90. The van der Waals surface area contributed by atoms with Crippen LogP contribution in [0.4, 0.5) is 5.69 Å². The molecule has 1 aliphatic heterocycles. The number of esters is 1. The van der Waals surface area contributed by atoms with Crippen LogP contribution in [0.2, 0.25) is 5.02 Å². The van der Waals surface area contributed by atoms with Gasteiger partial charge in [0.2, 0.25) is 0 Å². The Morgan fingerprint density at radius 3 is 2.96 bits per heavy atom. The van der Waals surface area contributed by atoms with Gasteiger partial charge >= 0.3 is 5.97 Å². The number of ether oxygens (including phenoxy) is 2. The van der Waals surface area contributed by atoms with E-state index in [9.17, 15) is 4.79 Å². The van der Waals surface area contributed by atoms with Crippen molar-refractivity contribution in [1.29, 1.82) is 0 Å². The highest BCUT2D eigenvalue weighted by molar-refractivity contribution is 6.30. The molecule has 2 fully saturated rings. The van der Waals surface area contributed by atoms with Crippen molar-refractivity contribution in [2.24, 2.45) is 10.7 Å². The third-order valence-electron chi connectivity index (χ3n) is 4.75. The normalized spacial score (nSPS) is 26.9. The molecule has 1 aromatic carbocycles. The first-order valence-electron chi connectivity index (χ1n) is 8.66. The molecule has 1 heterocycles. The Morgan fingerprint density at radius 2 is 2.28 bits per heavy atom. The van der Waals surface area contributed by atoms with Crippen LogP contribution in [-0.4, -0.2) is 30.5 Å². The van der Waals surface area contributed by atoms with E-state index in [2.05, 4.69) is 0 Å². The van der Waals surface area contributed by atoms with Crippen LogP contribution in [0.3, 0.4) is 0 Å². The Labute approximate surface area is 152 Å². The van der Waals surface area contributed by atoms with Crippen molar-refractivity contribution in [3.63, 3.8) is 0 Å². The minimum atomic E-state index is -0.486. The van der Waals surface area contributed by atoms with Crippen LogP contribution in [0.5, 0.6) is 0 Å². The van der Waals surface area contributed by atoms with Gasteiger partial charge in [0.05, 0.1) is 17.9 Å². The fourth-order valence-electron chi connectivity index (χ4n) is 3.52. The molecule has 25 heavy (non-hydrogen) atoms. The maximum atomic E-state index is 12.1. The number of aliphatic imine (C=N–C) groups is 1. The molecule has 3 rings (SSSR count). The van der Waals surface area contributed by atoms with E-state index in [1.54, 1.807) is 19.1 Å². The third kappa shape index (κ3) is 4.05. The molecule has 1 saturated heterocycles. The minimum absolute atomic E-state index is 0.149. The number of nitrogens with two attached hydrogens (primary N) is 1. The van der Waals surface area contributed by atoms with Crippen LogP contribution in [0.1, 0.15) is 39.0 Å². The minimum Gasteiger partial charge on any atom is -0.461 e. The van der Waals surface area contributed by atoms with Gasteiger partial charge in [0.15, 0.2) is 0 Å². The first-order valence-corrected chi connectivity index (χ1v) is 9.04. The first-order chi connectivity index (χ1) is 12.0. The second kappa shape index (κ2) is 7.58. The lowest BCUT2D eigenvalue weighted by Crippen LogP contribution is -2.37. The number of halogens is 1. The van der Waals surface area contributed by atoms with Crippen molar-refractivity contribution >= 4 is 29.0 Å². The van der Waals surface area contributed by atoms with Crippen molar-refractivity contribution in [3.8, 4) is 0 Å².